The highest BCUT2D eigenvalue weighted by Gasteiger charge is 2.37. The zero-order valence-electron chi connectivity index (χ0n) is 12.9. The van der Waals surface area contributed by atoms with Crippen LogP contribution in [0.25, 0.3) is 0 Å². The van der Waals surface area contributed by atoms with Crippen molar-refractivity contribution < 1.29 is 54.6 Å². The second-order valence-corrected chi connectivity index (χ2v) is 7.25. The third kappa shape index (κ3) is 8.11. The molecule has 0 spiro atoms. The first-order valence-corrected chi connectivity index (χ1v) is 9.28. The van der Waals surface area contributed by atoms with E-state index in [1.165, 1.54) is 0 Å². The zero-order chi connectivity index (χ0) is 20.7. The van der Waals surface area contributed by atoms with Gasteiger partial charge in [-0.2, -0.15) is 16.8 Å². The highest BCUT2D eigenvalue weighted by Crippen LogP contribution is 2.20. The molecule has 0 aliphatic carbocycles. The Morgan fingerprint density at radius 2 is 1.31 bits per heavy atom. The summed E-state index contributed by atoms with van der Waals surface area (Å²) in [5, 5.41) is -3.98. The van der Waals surface area contributed by atoms with E-state index in [-0.39, 0.29) is 0 Å². The van der Waals surface area contributed by atoms with Crippen LogP contribution in [0.5, 0.6) is 0 Å². The molecule has 0 aliphatic rings. The van der Waals surface area contributed by atoms with E-state index in [0.29, 0.717) is 12.2 Å². The van der Waals surface area contributed by atoms with E-state index < -0.39 is 67.5 Å². The smallest absolute Gasteiger partial charge is 0.333 e. The fourth-order valence-corrected chi connectivity index (χ4v) is 2.50. The normalized spacial score (nSPS) is 12.7. The Bertz CT molecular complexity index is 798. The van der Waals surface area contributed by atoms with Crippen molar-refractivity contribution in [2.75, 3.05) is 0 Å². The number of carbonyl (C=O) groups is 4. The van der Waals surface area contributed by atoms with Gasteiger partial charge in [0, 0.05) is 25.0 Å². The molecule has 0 aromatic rings. The van der Waals surface area contributed by atoms with Gasteiger partial charge in [-0.15, -0.1) is 0 Å². The average Bonchev–Trinajstić information content (AvgIpc) is 2.50. The van der Waals surface area contributed by atoms with Crippen LogP contribution in [0.2, 0.25) is 0 Å². The lowest BCUT2D eigenvalue weighted by molar-refractivity contribution is -0.184. The van der Waals surface area contributed by atoms with Crippen molar-refractivity contribution in [1.82, 2.24) is 0 Å². The largest absolute Gasteiger partial charge is 0.422 e. The van der Waals surface area contributed by atoms with Gasteiger partial charge in [0.25, 0.3) is 10.2 Å². The third-order valence-electron chi connectivity index (χ3n) is 2.59. The molecular weight excluding hydrogens is 400 g/mol. The first-order chi connectivity index (χ1) is 11.7. The Morgan fingerprint density at radius 1 is 0.885 bits per heavy atom. The standard InChI is InChI=1S/C12H14O12S2/c1-3-8(13)23-11(24-9(14)4-2)6-7(12(16)26(20,21)22)5-10(15)25(17,18)19/h3-4,7,11H,1-2,5-6H2,(H,17,18,19)(H,20,21,22). The van der Waals surface area contributed by atoms with Crippen LogP contribution in [-0.2, 0) is 48.9 Å². The molecule has 26 heavy (non-hydrogen) atoms. The van der Waals surface area contributed by atoms with Gasteiger partial charge in [0.1, 0.15) is 0 Å². The van der Waals surface area contributed by atoms with Gasteiger partial charge in [-0.05, 0) is 0 Å². The molecule has 0 aromatic carbocycles. The molecule has 0 fully saturated rings. The zero-order valence-corrected chi connectivity index (χ0v) is 14.6. The Morgan fingerprint density at radius 3 is 1.62 bits per heavy atom. The molecule has 2 N–H and O–H groups in total. The molecule has 1 atom stereocenters. The maximum Gasteiger partial charge on any atom is 0.333 e. The monoisotopic (exact) mass is 414 g/mol. The van der Waals surface area contributed by atoms with E-state index in [4.69, 9.17) is 9.11 Å². The number of ether oxygens (including phenoxy) is 2. The lowest BCUT2D eigenvalue weighted by atomic mass is 10.0. The molecule has 146 valence electrons. The van der Waals surface area contributed by atoms with Crippen LogP contribution in [0.15, 0.2) is 25.3 Å². The van der Waals surface area contributed by atoms with E-state index in [2.05, 4.69) is 22.6 Å². The molecule has 0 bridgehead atoms. The molecule has 0 amide bonds. The first kappa shape index (κ1) is 23.6. The molecular formula is C12H14O12S2. The lowest BCUT2D eigenvalue weighted by Gasteiger charge is -2.20. The van der Waals surface area contributed by atoms with Gasteiger partial charge in [0.15, 0.2) is 0 Å². The van der Waals surface area contributed by atoms with E-state index >= 15 is 0 Å². The van der Waals surface area contributed by atoms with Gasteiger partial charge in [0.05, 0.1) is 5.92 Å². The quantitative estimate of drug-likeness (QED) is 0.202. The summed E-state index contributed by atoms with van der Waals surface area (Å²) in [6, 6.07) is 0. The second-order valence-electron chi connectivity index (χ2n) is 4.49. The van der Waals surface area contributed by atoms with Crippen LogP contribution in [0, 0.1) is 5.92 Å². The van der Waals surface area contributed by atoms with Crippen LogP contribution in [0.3, 0.4) is 0 Å². The predicted octanol–water partition coefficient (Wildman–Crippen LogP) is -1.00. The Balaban J connectivity index is 5.73. The molecule has 14 heteroatoms. The summed E-state index contributed by atoms with van der Waals surface area (Å²) in [5.74, 6) is -4.49. The van der Waals surface area contributed by atoms with Crippen molar-refractivity contribution in [2.24, 2.45) is 5.92 Å². The first-order valence-electron chi connectivity index (χ1n) is 6.40. The molecule has 0 aliphatic heterocycles. The molecule has 0 aromatic heterocycles. The lowest BCUT2D eigenvalue weighted by Crippen LogP contribution is -2.33. The van der Waals surface area contributed by atoms with Gasteiger partial charge in [-0.1, -0.05) is 13.2 Å². The minimum absolute atomic E-state index is 0.623. The minimum atomic E-state index is -5.40. The van der Waals surface area contributed by atoms with Crippen molar-refractivity contribution in [2.45, 2.75) is 19.1 Å². The highest BCUT2D eigenvalue weighted by molar-refractivity contribution is 8.01. The van der Waals surface area contributed by atoms with Crippen molar-refractivity contribution in [3.8, 4) is 0 Å². The Hall–Kier alpha value is -2.42. The van der Waals surface area contributed by atoms with Crippen LogP contribution < -0.4 is 0 Å². The van der Waals surface area contributed by atoms with Gasteiger partial charge in [-0.25, -0.2) is 9.59 Å². The second kappa shape index (κ2) is 9.33. The van der Waals surface area contributed by atoms with Crippen molar-refractivity contribution in [3.63, 3.8) is 0 Å². The number of hydrogen-bond donors (Lipinski definition) is 2. The number of rotatable bonds is 9. The third-order valence-corrected chi connectivity index (χ3v) is 4.18. The fourth-order valence-electron chi connectivity index (χ4n) is 1.49. The summed E-state index contributed by atoms with van der Waals surface area (Å²) in [5.41, 5.74) is 0. The van der Waals surface area contributed by atoms with Crippen LogP contribution in [0.4, 0.5) is 0 Å². The van der Waals surface area contributed by atoms with E-state index in [1.54, 1.807) is 0 Å². The van der Waals surface area contributed by atoms with Crippen molar-refractivity contribution in [3.05, 3.63) is 25.3 Å². The molecule has 0 radical (unpaired) electrons. The molecule has 0 heterocycles. The van der Waals surface area contributed by atoms with Crippen molar-refractivity contribution >= 4 is 42.4 Å². The van der Waals surface area contributed by atoms with Gasteiger partial charge in [-0.3, -0.25) is 18.7 Å². The Kier molecular flexibility index (Phi) is 8.46. The summed E-state index contributed by atoms with van der Waals surface area (Å²) < 4.78 is 70.0. The number of hydrogen-bond acceptors (Lipinski definition) is 10. The van der Waals surface area contributed by atoms with Gasteiger partial charge >= 0.3 is 32.2 Å². The van der Waals surface area contributed by atoms with E-state index in [9.17, 15) is 36.0 Å². The molecule has 0 saturated heterocycles. The summed E-state index contributed by atoms with van der Waals surface area (Å²) in [6.07, 6.45) is -3.16. The van der Waals surface area contributed by atoms with E-state index in [0.717, 1.165) is 0 Å². The maximum absolute atomic E-state index is 11.7. The van der Waals surface area contributed by atoms with Crippen molar-refractivity contribution in [1.29, 1.82) is 0 Å². The molecule has 0 saturated carbocycles. The molecule has 0 rings (SSSR count). The molecule has 12 nitrogen and oxygen atoms in total. The average molecular weight is 414 g/mol. The maximum atomic E-state index is 11.7. The molecule has 1 unspecified atom stereocenters. The topological polar surface area (TPSA) is 195 Å². The van der Waals surface area contributed by atoms with Gasteiger partial charge in [0.2, 0.25) is 6.29 Å². The van der Waals surface area contributed by atoms with Crippen LogP contribution in [-0.4, -0.2) is 54.4 Å². The Labute approximate surface area is 148 Å². The van der Waals surface area contributed by atoms with E-state index in [1.807, 2.05) is 0 Å². The minimum Gasteiger partial charge on any atom is -0.422 e. The highest BCUT2D eigenvalue weighted by atomic mass is 32.2. The van der Waals surface area contributed by atoms with Gasteiger partial charge < -0.3 is 9.47 Å². The SMILES string of the molecule is C=CC(=O)OC(CC(CC(=O)S(=O)(=O)O)C(=O)S(=O)(=O)O)OC(=O)C=C. The number of carbonyl (C=O) groups excluding carboxylic acids is 4. The summed E-state index contributed by atoms with van der Waals surface area (Å²) in [6.45, 7) is 6.09. The summed E-state index contributed by atoms with van der Waals surface area (Å²) >= 11 is 0. The number of esters is 2. The van der Waals surface area contributed by atoms with Crippen LogP contribution >= 0.6 is 0 Å². The van der Waals surface area contributed by atoms with Crippen LogP contribution in [0.1, 0.15) is 12.8 Å². The fraction of sp³-hybridized carbons (Fsp3) is 0.333. The summed E-state index contributed by atoms with van der Waals surface area (Å²) in [4.78, 5) is 45.4. The summed E-state index contributed by atoms with van der Waals surface area (Å²) in [7, 11) is -10.7. The predicted molar refractivity (Wildman–Crippen MR) is 82.2 cm³/mol.